The molecule has 1 aromatic carbocycles. The molecule has 0 N–H and O–H groups in total. The van der Waals surface area contributed by atoms with Gasteiger partial charge >= 0.3 is 0 Å². The first kappa shape index (κ1) is 9.75. The predicted octanol–water partition coefficient (Wildman–Crippen LogP) is 3.14. The molecule has 1 heterocycles. The van der Waals surface area contributed by atoms with Gasteiger partial charge in [0, 0.05) is 24.7 Å². The van der Waals surface area contributed by atoms with Gasteiger partial charge in [-0.05, 0) is 18.1 Å². The Kier molecular flexibility index (Phi) is 2.90. The minimum atomic E-state index is 0.876. The molecule has 14 heavy (non-hydrogen) atoms. The summed E-state index contributed by atoms with van der Waals surface area (Å²) in [5, 5.41) is 0.876. The standard InChI is InChI=1S/C12H14ClN/c1-10(13)6-7-14-8-11-4-2-3-5-12(11)9-14/h2-6H,7-9H2,1H3/b10-6+. The van der Waals surface area contributed by atoms with Gasteiger partial charge in [0.05, 0.1) is 0 Å². The van der Waals surface area contributed by atoms with E-state index >= 15 is 0 Å². The predicted molar refractivity (Wildman–Crippen MR) is 60.2 cm³/mol. The lowest BCUT2D eigenvalue weighted by molar-refractivity contribution is 0.316. The Morgan fingerprint density at radius 1 is 1.36 bits per heavy atom. The van der Waals surface area contributed by atoms with E-state index in [0.29, 0.717) is 0 Å². The van der Waals surface area contributed by atoms with Gasteiger partial charge in [-0.25, -0.2) is 0 Å². The molecule has 74 valence electrons. The highest BCUT2D eigenvalue weighted by Crippen LogP contribution is 2.21. The van der Waals surface area contributed by atoms with Crippen molar-refractivity contribution in [3.8, 4) is 0 Å². The third-order valence-corrected chi connectivity index (χ3v) is 2.69. The van der Waals surface area contributed by atoms with Crippen LogP contribution in [0, 0.1) is 0 Å². The van der Waals surface area contributed by atoms with Crippen LogP contribution in [0.4, 0.5) is 0 Å². The summed E-state index contributed by atoms with van der Waals surface area (Å²) in [6.45, 7) is 4.97. The lowest BCUT2D eigenvalue weighted by atomic mass is 10.1. The van der Waals surface area contributed by atoms with Gasteiger partial charge in [0.25, 0.3) is 0 Å². The summed E-state index contributed by atoms with van der Waals surface area (Å²) in [5.74, 6) is 0. The van der Waals surface area contributed by atoms with Gasteiger partial charge in [0.1, 0.15) is 0 Å². The highest BCUT2D eigenvalue weighted by atomic mass is 35.5. The van der Waals surface area contributed by atoms with Crippen molar-refractivity contribution in [2.45, 2.75) is 20.0 Å². The molecule has 0 aromatic heterocycles. The van der Waals surface area contributed by atoms with E-state index in [4.69, 9.17) is 11.6 Å². The molecule has 1 aliphatic heterocycles. The normalized spacial score (nSPS) is 17.1. The largest absolute Gasteiger partial charge is 0.291 e. The molecule has 1 aliphatic rings. The van der Waals surface area contributed by atoms with Crippen molar-refractivity contribution in [2.24, 2.45) is 0 Å². The topological polar surface area (TPSA) is 3.24 Å². The molecule has 0 bridgehead atoms. The van der Waals surface area contributed by atoms with Crippen LogP contribution in [0.3, 0.4) is 0 Å². The first-order chi connectivity index (χ1) is 6.75. The molecule has 1 nitrogen and oxygen atoms in total. The monoisotopic (exact) mass is 207 g/mol. The lowest BCUT2D eigenvalue weighted by Crippen LogP contribution is -2.15. The maximum absolute atomic E-state index is 5.80. The third-order valence-electron chi connectivity index (χ3n) is 2.54. The van der Waals surface area contributed by atoms with Crippen LogP contribution in [-0.4, -0.2) is 11.4 Å². The molecule has 1 aromatic rings. The first-order valence-corrected chi connectivity index (χ1v) is 5.25. The molecule has 0 saturated carbocycles. The van der Waals surface area contributed by atoms with Crippen LogP contribution < -0.4 is 0 Å². The van der Waals surface area contributed by atoms with Crippen molar-refractivity contribution in [1.82, 2.24) is 4.90 Å². The van der Waals surface area contributed by atoms with E-state index < -0.39 is 0 Å². The van der Waals surface area contributed by atoms with Gasteiger partial charge in [0.15, 0.2) is 0 Å². The zero-order chi connectivity index (χ0) is 9.97. The average Bonchev–Trinajstić information content (AvgIpc) is 2.57. The van der Waals surface area contributed by atoms with Gasteiger partial charge in [-0.2, -0.15) is 0 Å². The number of benzene rings is 1. The van der Waals surface area contributed by atoms with Crippen LogP contribution in [0.15, 0.2) is 35.4 Å². The molecular formula is C12H14ClN. The minimum absolute atomic E-state index is 0.876. The number of hydrogen-bond donors (Lipinski definition) is 0. The van der Waals surface area contributed by atoms with Crippen LogP contribution in [0.1, 0.15) is 18.1 Å². The second-order valence-electron chi connectivity index (χ2n) is 3.73. The maximum atomic E-state index is 5.80. The van der Waals surface area contributed by atoms with Crippen LogP contribution in [0.5, 0.6) is 0 Å². The fourth-order valence-corrected chi connectivity index (χ4v) is 1.86. The fraction of sp³-hybridized carbons (Fsp3) is 0.333. The molecule has 0 unspecified atom stereocenters. The highest BCUT2D eigenvalue weighted by Gasteiger charge is 2.16. The summed E-state index contributed by atoms with van der Waals surface area (Å²) >= 11 is 5.80. The van der Waals surface area contributed by atoms with E-state index in [9.17, 15) is 0 Å². The van der Waals surface area contributed by atoms with Crippen molar-refractivity contribution in [3.05, 3.63) is 46.5 Å². The van der Waals surface area contributed by atoms with E-state index in [1.807, 2.05) is 6.92 Å². The first-order valence-electron chi connectivity index (χ1n) is 4.87. The smallest absolute Gasteiger partial charge is 0.0243 e. The summed E-state index contributed by atoms with van der Waals surface area (Å²) in [6.07, 6.45) is 2.06. The number of halogens is 1. The van der Waals surface area contributed by atoms with Crippen molar-refractivity contribution in [1.29, 1.82) is 0 Å². The maximum Gasteiger partial charge on any atom is 0.0243 e. The Balaban J connectivity index is 2.02. The van der Waals surface area contributed by atoms with Crippen LogP contribution >= 0.6 is 11.6 Å². The second kappa shape index (κ2) is 4.16. The van der Waals surface area contributed by atoms with Gasteiger partial charge in [-0.3, -0.25) is 4.90 Å². The molecule has 0 fully saturated rings. The van der Waals surface area contributed by atoms with Gasteiger partial charge in [-0.1, -0.05) is 41.9 Å². The van der Waals surface area contributed by atoms with Crippen LogP contribution in [0.25, 0.3) is 0 Å². The Bertz CT molecular complexity index is 328. The molecule has 0 radical (unpaired) electrons. The molecule has 0 aliphatic carbocycles. The number of rotatable bonds is 2. The van der Waals surface area contributed by atoms with Gasteiger partial charge in [-0.15, -0.1) is 0 Å². The Labute approximate surface area is 90.0 Å². The molecular weight excluding hydrogens is 194 g/mol. The highest BCUT2D eigenvalue weighted by molar-refractivity contribution is 6.29. The fourth-order valence-electron chi connectivity index (χ4n) is 1.79. The van der Waals surface area contributed by atoms with E-state index in [1.165, 1.54) is 11.1 Å². The number of fused-ring (bicyclic) bond motifs is 1. The summed E-state index contributed by atoms with van der Waals surface area (Å²) in [4.78, 5) is 2.39. The Morgan fingerprint density at radius 2 is 1.93 bits per heavy atom. The zero-order valence-electron chi connectivity index (χ0n) is 8.33. The van der Waals surface area contributed by atoms with E-state index in [2.05, 4.69) is 35.2 Å². The van der Waals surface area contributed by atoms with Crippen molar-refractivity contribution in [3.63, 3.8) is 0 Å². The van der Waals surface area contributed by atoms with Crippen molar-refractivity contribution < 1.29 is 0 Å². The average molecular weight is 208 g/mol. The molecule has 2 heteroatoms. The van der Waals surface area contributed by atoms with Gasteiger partial charge < -0.3 is 0 Å². The Hall–Kier alpha value is -0.790. The Morgan fingerprint density at radius 3 is 2.43 bits per heavy atom. The number of hydrogen-bond acceptors (Lipinski definition) is 1. The van der Waals surface area contributed by atoms with E-state index in [0.717, 1.165) is 24.7 Å². The summed E-state index contributed by atoms with van der Waals surface area (Å²) < 4.78 is 0. The lowest BCUT2D eigenvalue weighted by Gasteiger charge is -2.11. The molecule has 2 rings (SSSR count). The molecule has 0 saturated heterocycles. The summed E-state index contributed by atoms with van der Waals surface area (Å²) in [5.41, 5.74) is 2.90. The zero-order valence-corrected chi connectivity index (χ0v) is 9.09. The van der Waals surface area contributed by atoms with Gasteiger partial charge in [0.2, 0.25) is 0 Å². The third kappa shape index (κ3) is 2.17. The minimum Gasteiger partial charge on any atom is -0.291 e. The van der Waals surface area contributed by atoms with Crippen molar-refractivity contribution in [2.75, 3.05) is 6.54 Å². The van der Waals surface area contributed by atoms with Crippen LogP contribution in [0.2, 0.25) is 0 Å². The van der Waals surface area contributed by atoms with E-state index in [1.54, 1.807) is 0 Å². The van der Waals surface area contributed by atoms with Crippen molar-refractivity contribution >= 4 is 11.6 Å². The van der Waals surface area contributed by atoms with E-state index in [-0.39, 0.29) is 0 Å². The molecule has 0 amide bonds. The SMILES string of the molecule is C/C(Cl)=C\CN1Cc2ccccc2C1. The molecule has 0 spiro atoms. The summed E-state index contributed by atoms with van der Waals surface area (Å²) in [7, 11) is 0. The molecule has 0 atom stereocenters. The quantitative estimate of drug-likeness (QED) is 0.720. The number of nitrogens with zero attached hydrogens (tertiary/aromatic N) is 1. The summed E-state index contributed by atoms with van der Waals surface area (Å²) in [6, 6.07) is 8.61. The second-order valence-corrected chi connectivity index (χ2v) is 4.33. The van der Waals surface area contributed by atoms with Crippen LogP contribution in [-0.2, 0) is 13.1 Å². The number of allylic oxidation sites excluding steroid dienone is 1.